The van der Waals surface area contributed by atoms with Gasteiger partial charge in [0.2, 0.25) is 0 Å². The maximum absolute atomic E-state index is 11.8. The lowest BCUT2D eigenvalue weighted by Gasteiger charge is -2.28. The fourth-order valence-electron chi connectivity index (χ4n) is 3.37. The molecule has 2 aliphatic rings. The van der Waals surface area contributed by atoms with Crippen LogP contribution in [0.1, 0.15) is 24.8 Å². The molecule has 0 amide bonds. The topological polar surface area (TPSA) is 37.3 Å². The molecule has 0 spiro atoms. The highest BCUT2D eigenvalue weighted by atomic mass is 32.1. The van der Waals surface area contributed by atoms with Gasteiger partial charge in [-0.2, -0.15) is 0 Å². The van der Waals surface area contributed by atoms with Gasteiger partial charge in [-0.1, -0.05) is 17.4 Å². The zero-order valence-electron chi connectivity index (χ0n) is 12.3. The molecule has 5 heteroatoms. The predicted molar refractivity (Wildman–Crippen MR) is 86.9 cm³/mol. The smallest absolute Gasteiger partial charge is 0.307 e. The number of aryl methyl sites for hydroxylation is 1. The summed E-state index contributed by atoms with van der Waals surface area (Å²) in [5.74, 6) is 0. The first-order valence-corrected chi connectivity index (χ1v) is 8.59. The normalized spacial score (nSPS) is 22.5. The molecule has 21 heavy (non-hydrogen) atoms. The van der Waals surface area contributed by atoms with Crippen molar-refractivity contribution >= 4 is 21.6 Å². The first-order chi connectivity index (χ1) is 10.2. The van der Waals surface area contributed by atoms with Gasteiger partial charge in [-0.15, -0.1) is 0 Å². The lowest BCUT2D eigenvalue weighted by molar-refractivity contribution is 0.189. The molecule has 4 nitrogen and oxygen atoms in total. The third-order valence-corrected chi connectivity index (χ3v) is 5.74. The van der Waals surface area contributed by atoms with Crippen molar-refractivity contribution < 1.29 is 0 Å². The van der Waals surface area contributed by atoms with Crippen molar-refractivity contribution in [3.8, 4) is 0 Å². The van der Waals surface area contributed by atoms with Crippen LogP contribution in [0.15, 0.2) is 23.0 Å². The standard InChI is InChI=1S/C16H21N3OS/c1-18-14-5-2-11(8-15(14)21-16(18)20)10-19(12-3-4-12)13-6-7-17-9-13/h2,5,8,12-13,17H,3-4,6-7,9-10H2,1H3. The number of nitrogens with zero attached hydrogens (tertiary/aromatic N) is 2. The number of fused-ring (bicyclic) bond motifs is 1. The van der Waals surface area contributed by atoms with E-state index in [0.29, 0.717) is 6.04 Å². The molecule has 1 saturated carbocycles. The Morgan fingerprint density at radius 2 is 2.19 bits per heavy atom. The van der Waals surface area contributed by atoms with E-state index >= 15 is 0 Å². The molecule has 1 aliphatic carbocycles. The van der Waals surface area contributed by atoms with Crippen LogP contribution in [0.4, 0.5) is 0 Å². The van der Waals surface area contributed by atoms with Gasteiger partial charge in [-0.05, 0) is 43.5 Å². The number of benzene rings is 1. The molecule has 1 unspecified atom stereocenters. The zero-order chi connectivity index (χ0) is 14.4. The molecule has 2 fully saturated rings. The Kier molecular flexibility index (Phi) is 3.36. The Labute approximate surface area is 128 Å². The molecule has 1 saturated heterocycles. The average Bonchev–Trinajstić information content (AvgIpc) is 3.10. The van der Waals surface area contributed by atoms with Gasteiger partial charge in [0, 0.05) is 32.2 Å². The van der Waals surface area contributed by atoms with E-state index in [1.54, 1.807) is 4.57 Å². The molecule has 0 bridgehead atoms. The highest BCUT2D eigenvalue weighted by molar-refractivity contribution is 7.16. The summed E-state index contributed by atoms with van der Waals surface area (Å²) in [4.78, 5) is 14.6. The fraction of sp³-hybridized carbons (Fsp3) is 0.562. The van der Waals surface area contributed by atoms with Crippen molar-refractivity contribution in [2.24, 2.45) is 7.05 Å². The lowest BCUT2D eigenvalue weighted by atomic mass is 10.1. The van der Waals surface area contributed by atoms with Crippen molar-refractivity contribution in [2.45, 2.75) is 37.9 Å². The Morgan fingerprint density at radius 1 is 1.33 bits per heavy atom. The van der Waals surface area contributed by atoms with Crippen LogP contribution in [0.25, 0.3) is 10.2 Å². The van der Waals surface area contributed by atoms with E-state index in [4.69, 9.17) is 0 Å². The summed E-state index contributed by atoms with van der Waals surface area (Å²) < 4.78 is 2.85. The van der Waals surface area contributed by atoms with Crippen LogP contribution in [0.5, 0.6) is 0 Å². The van der Waals surface area contributed by atoms with Crippen molar-refractivity contribution in [1.29, 1.82) is 0 Å². The van der Waals surface area contributed by atoms with Gasteiger partial charge in [0.1, 0.15) is 0 Å². The van der Waals surface area contributed by atoms with E-state index in [-0.39, 0.29) is 4.87 Å². The number of hydrogen-bond acceptors (Lipinski definition) is 4. The molecule has 112 valence electrons. The van der Waals surface area contributed by atoms with Crippen molar-refractivity contribution in [3.63, 3.8) is 0 Å². The van der Waals surface area contributed by atoms with Crippen LogP contribution < -0.4 is 10.2 Å². The molecular weight excluding hydrogens is 282 g/mol. The van der Waals surface area contributed by atoms with Gasteiger partial charge in [-0.25, -0.2) is 0 Å². The van der Waals surface area contributed by atoms with Gasteiger partial charge < -0.3 is 9.88 Å². The maximum atomic E-state index is 11.8. The first-order valence-electron chi connectivity index (χ1n) is 7.77. The highest BCUT2D eigenvalue weighted by Crippen LogP contribution is 2.32. The Bertz CT molecular complexity index is 710. The number of nitrogens with one attached hydrogen (secondary N) is 1. The van der Waals surface area contributed by atoms with Crippen LogP contribution >= 0.6 is 11.3 Å². The van der Waals surface area contributed by atoms with Crippen LogP contribution in [-0.4, -0.2) is 34.6 Å². The van der Waals surface area contributed by atoms with Gasteiger partial charge >= 0.3 is 4.87 Å². The minimum Gasteiger partial charge on any atom is -0.315 e. The number of rotatable bonds is 4. The SMILES string of the molecule is Cn1c(=O)sc2cc(CN(C3CC3)C3CCNC3)ccc21. The summed E-state index contributed by atoms with van der Waals surface area (Å²) in [5.41, 5.74) is 2.39. The zero-order valence-corrected chi connectivity index (χ0v) is 13.2. The van der Waals surface area contributed by atoms with Crippen molar-refractivity contribution in [1.82, 2.24) is 14.8 Å². The third kappa shape index (κ3) is 2.54. The minimum atomic E-state index is 0.126. The van der Waals surface area contributed by atoms with Gasteiger partial charge in [0.25, 0.3) is 0 Å². The summed E-state index contributed by atoms with van der Waals surface area (Å²) >= 11 is 1.35. The summed E-state index contributed by atoms with van der Waals surface area (Å²) in [5, 5.41) is 3.48. The second-order valence-corrected chi connectivity index (χ2v) is 7.27. The summed E-state index contributed by atoms with van der Waals surface area (Å²) in [6.45, 7) is 3.29. The molecule has 2 heterocycles. The van der Waals surface area contributed by atoms with Crippen molar-refractivity contribution in [2.75, 3.05) is 13.1 Å². The fourth-order valence-corrected chi connectivity index (χ4v) is 4.32. The highest BCUT2D eigenvalue weighted by Gasteiger charge is 2.35. The van der Waals surface area contributed by atoms with Crippen LogP contribution in [0, 0.1) is 0 Å². The number of hydrogen-bond donors (Lipinski definition) is 1. The second kappa shape index (κ2) is 5.23. The maximum Gasteiger partial charge on any atom is 0.307 e. The van der Waals surface area contributed by atoms with E-state index in [0.717, 1.165) is 35.9 Å². The largest absolute Gasteiger partial charge is 0.315 e. The molecule has 1 aliphatic heterocycles. The Hall–Kier alpha value is -1.17. The number of aromatic nitrogens is 1. The Morgan fingerprint density at radius 3 is 2.90 bits per heavy atom. The molecule has 1 aromatic heterocycles. The molecule has 0 radical (unpaired) electrons. The summed E-state index contributed by atoms with van der Waals surface area (Å²) in [7, 11) is 1.85. The van der Waals surface area contributed by atoms with E-state index < -0.39 is 0 Å². The van der Waals surface area contributed by atoms with E-state index in [9.17, 15) is 4.79 Å². The van der Waals surface area contributed by atoms with Crippen molar-refractivity contribution in [3.05, 3.63) is 33.4 Å². The molecule has 2 aromatic rings. The first kappa shape index (κ1) is 13.5. The average molecular weight is 303 g/mol. The van der Waals surface area contributed by atoms with Gasteiger partial charge in [-0.3, -0.25) is 9.69 Å². The molecule has 1 N–H and O–H groups in total. The van der Waals surface area contributed by atoms with E-state index in [2.05, 4.69) is 28.4 Å². The van der Waals surface area contributed by atoms with Gasteiger partial charge in [0.15, 0.2) is 0 Å². The Balaban J connectivity index is 1.61. The van der Waals surface area contributed by atoms with Crippen LogP contribution in [0.3, 0.4) is 0 Å². The lowest BCUT2D eigenvalue weighted by Crippen LogP contribution is -2.38. The van der Waals surface area contributed by atoms with Crippen LogP contribution in [0.2, 0.25) is 0 Å². The third-order valence-electron chi connectivity index (χ3n) is 4.74. The van der Waals surface area contributed by atoms with Gasteiger partial charge in [0.05, 0.1) is 10.2 Å². The summed E-state index contributed by atoms with van der Waals surface area (Å²) in [6, 6.07) is 7.95. The molecule has 4 rings (SSSR count). The van der Waals surface area contributed by atoms with Crippen LogP contribution in [-0.2, 0) is 13.6 Å². The number of thiazole rings is 1. The monoisotopic (exact) mass is 303 g/mol. The molecule has 1 aromatic carbocycles. The second-order valence-electron chi connectivity index (χ2n) is 6.28. The predicted octanol–water partition coefficient (Wildman–Crippen LogP) is 1.93. The van der Waals surface area contributed by atoms with E-state index in [1.807, 2.05) is 7.05 Å². The minimum absolute atomic E-state index is 0.126. The van der Waals surface area contributed by atoms with E-state index in [1.165, 1.54) is 36.2 Å². The quantitative estimate of drug-likeness (QED) is 0.938. The molecular formula is C16H21N3OS. The summed E-state index contributed by atoms with van der Waals surface area (Å²) in [6.07, 6.45) is 3.95. The molecule has 1 atom stereocenters.